The number of ether oxygens (including phenoxy) is 4. The molecular weight excluding hydrogens is 410 g/mol. The minimum Gasteiger partial charge on any atom is -0.467 e. The zero-order valence-electron chi connectivity index (χ0n) is 18.0. The molecule has 3 aliphatic rings. The van der Waals surface area contributed by atoms with Crippen LogP contribution in [0.4, 0.5) is 0 Å². The predicted molar refractivity (Wildman–Crippen MR) is 110 cm³/mol. The minimum absolute atomic E-state index is 0.0727. The number of nitrogens with one attached hydrogen (secondary N) is 1. The highest BCUT2D eigenvalue weighted by molar-refractivity contribution is 5.04. The molecule has 0 radical (unpaired) electrons. The predicted octanol–water partition coefficient (Wildman–Crippen LogP) is -3.85. The van der Waals surface area contributed by atoms with Crippen molar-refractivity contribution >= 4 is 0 Å². The van der Waals surface area contributed by atoms with Gasteiger partial charge in [0.25, 0.3) is 0 Å². The van der Waals surface area contributed by atoms with Gasteiger partial charge in [0.15, 0.2) is 6.29 Å². The van der Waals surface area contributed by atoms with Crippen LogP contribution >= 0.6 is 0 Å². The van der Waals surface area contributed by atoms with Crippen LogP contribution in [0, 0.1) is 0 Å². The van der Waals surface area contributed by atoms with Crippen LogP contribution < -0.4 is 28.3 Å². The van der Waals surface area contributed by atoms with Crippen LogP contribution in [0.15, 0.2) is 11.8 Å². The summed E-state index contributed by atoms with van der Waals surface area (Å²) in [6.07, 6.45) is -3.56. The molecule has 0 amide bonds. The first-order valence-electron chi connectivity index (χ1n) is 10.6. The second kappa shape index (κ2) is 9.93. The van der Waals surface area contributed by atoms with E-state index in [0.29, 0.717) is 18.6 Å². The summed E-state index contributed by atoms with van der Waals surface area (Å²) in [5.41, 5.74) is 22.9. The Labute approximate surface area is 181 Å². The lowest BCUT2D eigenvalue weighted by atomic mass is 9.84. The highest BCUT2D eigenvalue weighted by atomic mass is 16.7. The van der Waals surface area contributed by atoms with Gasteiger partial charge >= 0.3 is 0 Å². The molecule has 2 heterocycles. The van der Waals surface area contributed by atoms with Gasteiger partial charge in [0.2, 0.25) is 6.29 Å². The Bertz CT molecular complexity index is 639. The van der Waals surface area contributed by atoms with E-state index in [1.54, 1.807) is 20.0 Å². The van der Waals surface area contributed by atoms with E-state index >= 15 is 0 Å². The van der Waals surface area contributed by atoms with Gasteiger partial charge in [0, 0.05) is 12.1 Å². The molecule has 1 aliphatic carbocycles. The van der Waals surface area contributed by atoms with Gasteiger partial charge in [-0.1, -0.05) is 0 Å². The molecule has 0 aromatic rings. The SMILES string of the molecule is CN[C@@H]1[C@@H](O)[C@H](O[C@@H]2[C@@H](O)[C@H](O[C@H]3OC(CN)=CC[C@H]3N)[C@@H](N)C[C@H]2N)OC[C@]1(C)O. The van der Waals surface area contributed by atoms with Crippen LogP contribution in [-0.2, 0) is 18.9 Å². The van der Waals surface area contributed by atoms with E-state index in [4.69, 9.17) is 41.9 Å². The normalized spacial score (nSPS) is 48.7. The van der Waals surface area contributed by atoms with E-state index in [9.17, 15) is 15.3 Å². The summed E-state index contributed by atoms with van der Waals surface area (Å²) in [4.78, 5) is 0. The second-order valence-electron chi connectivity index (χ2n) is 8.81. The number of hydrogen-bond acceptors (Lipinski definition) is 12. The van der Waals surface area contributed by atoms with E-state index in [1.807, 2.05) is 0 Å². The number of aliphatic hydroxyl groups excluding tert-OH is 2. The van der Waals surface area contributed by atoms with Crippen molar-refractivity contribution in [1.29, 1.82) is 0 Å². The highest BCUT2D eigenvalue weighted by Gasteiger charge is 2.50. The minimum atomic E-state index is -1.29. The number of rotatable bonds is 6. The molecule has 180 valence electrons. The topological polar surface area (TPSA) is 214 Å². The highest BCUT2D eigenvalue weighted by Crippen LogP contribution is 2.31. The van der Waals surface area contributed by atoms with Crippen LogP contribution in [-0.4, -0.2) is 102 Å². The van der Waals surface area contributed by atoms with Crippen molar-refractivity contribution in [2.75, 3.05) is 20.2 Å². The van der Waals surface area contributed by atoms with Crippen molar-refractivity contribution in [2.45, 2.75) is 86.5 Å². The van der Waals surface area contributed by atoms with Crippen LogP contribution in [0.2, 0.25) is 0 Å². The van der Waals surface area contributed by atoms with Gasteiger partial charge in [-0.05, 0) is 32.9 Å². The molecule has 12 N–H and O–H groups in total. The van der Waals surface area contributed by atoms with Crippen molar-refractivity contribution in [3.05, 3.63) is 11.8 Å². The fraction of sp³-hybridized carbons (Fsp3) is 0.895. The molecule has 12 nitrogen and oxygen atoms in total. The fourth-order valence-electron chi connectivity index (χ4n) is 4.44. The summed E-state index contributed by atoms with van der Waals surface area (Å²) in [6.45, 7) is 1.68. The lowest BCUT2D eigenvalue weighted by molar-refractivity contribution is -0.303. The molecule has 0 spiro atoms. The molecule has 1 saturated heterocycles. The van der Waals surface area contributed by atoms with Crippen molar-refractivity contribution in [2.24, 2.45) is 22.9 Å². The van der Waals surface area contributed by atoms with Crippen molar-refractivity contribution in [3.63, 3.8) is 0 Å². The van der Waals surface area contributed by atoms with Crippen LogP contribution in [0.25, 0.3) is 0 Å². The zero-order valence-corrected chi connectivity index (χ0v) is 18.0. The smallest absolute Gasteiger partial charge is 0.215 e. The van der Waals surface area contributed by atoms with Crippen LogP contribution in [0.1, 0.15) is 19.8 Å². The maximum Gasteiger partial charge on any atom is 0.215 e. The van der Waals surface area contributed by atoms with Crippen molar-refractivity contribution < 1.29 is 34.3 Å². The third-order valence-corrected chi connectivity index (χ3v) is 6.22. The number of nitrogens with two attached hydrogens (primary N) is 4. The maximum atomic E-state index is 11.0. The Balaban J connectivity index is 1.69. The van der Waals surface area contributed by atoms with E-state index in [1.165, 1.54) is 0 Å². The molecule has 0 aromatic carbocycles. The van der Waals surface area contributed by atoms with Gasteiger partial charge in [-0.2, -0.15) is 0 Å². The summed E-state index contributed by atoms with van der Waals surface area (Å²) in [5.74, 6) is 0.555. The number of hydrogen-bond donors (Lipinski definition) is 8. The summed E-state index contributed by atoms with van der Waals surface area (Å²) in [5, 5.41) is 34.9. The molecule has 0 bridgehead atoms. The molecule has 11 atom stereocenters. The Morgan fingerprint density at radius 1 is 1.10 bits per heavy atom. The Morgan fingerprint density at radius 2 is 1.71 bits per heavy atom. The van der Waals surface area contributed by atoms with Gasteiger partial charge in [0.05, 0.1) is 25.2 Å². The standard InChI is InChI=1S/C19H37N5O7/c1-19(27)7-28-18(13(26)16(19)24-2)31-15-11(23)5-10(22)14(12(15)25)30-17-9(21)4-3-8(6-20)29-17/h3,9-18,24-27H,4-7,20-23H2,1-2H3/t9-,10+,11-,12+,13-,14-,15+,16-,17-,18+,19+/m1/s1. The second-order valence-corrected chi connectivity index (χ2v) is 8.81. The van der Waals surface area contributed by atoms with Gasteiger partial charge in [-0.25, -0.2) is 0 Å². The largest absolute Gasteiger partial charge is 0.467 e. The Morgan fingerprint density at radius 3 is 2.29 bits per heavy atom. The lowest BCUT2D eigenvalue weighted by Crippen LogP contribution is -2.68. The van der Waals surface area contributed by atoms with E-state index in [0.717, 1.165) is 0 Å². The lowest BCUT2D eigenvalue weighted by Gasteiger charge is -2.48. The first kappa shape index (κ1) is 24.7. The monoisotopic (exact) mass is 447 g/mol. The van der Waals surface area contributed by atoms with Gasteiger partial charge in [0.1, 0.15) is 35.8 Å². The molecule has 0 aromatic heterocycles. The first-order chi connectivity index (χ1) is 14.6. The molecular formula is C19H37N5O7. The number of aliphatic hydroxyl groups is 3. The molecule has 31 heavy (non-hydrogen) atoms. The third-order valence-electron chi connectivity index (χ3n) is 6.22. The molecule has 2 aliphatic heterocycles. The van der Waals surface area contributed by atoms with E-state index in [-0.39, 0.29) is 13.2 Å². The molecule has 12 heteroatoms. The third kappa shape index (κ3) is 5.20. The first-order valence-corrected chi connectivity index (χ1v) is 10.6. The Hall–Kier alpha value is -0.900. The Kier molecular flexibility index (Phi) is 7.92. The fourth-order valence-corrected chi connectivity index (χ4v) is 4.44. The molecule has 1 saturated carbocycles. The summed E-state index contributed by atoms with van der Waals surface area (Å²) < 4.78 is 23.1. The average molecular weight is 448 g/mol. The van der Waals surface area contributed by atoms with Crippen LogP contribution in [0.3, 0.4) is 0 Å². The summed E-state index contributed by atoms with van der Waals surface area (Å²) in [7, 11) is 1.62. The number of likely N-dealkylation sites (N-methyl/N-ethyl adjacent to an activating group) is 1. The zero-order chi connectivity index (χ0) is 22.9. The van der Waals surface area contributed by atoms with E-state index in [2.05, 4.69) is 5.32 Å². The van der Waals surface area contributed by atoms with Crippen molar-refractivity contribution in [1.82, 2.24) is 5.32 Å². The maximum absolute atomic E-state index is 11.0. The molecule has 3 rings (SSSR count). The van der Waals surface area contributed by atoms with Crippen molar-refractivity contribution in [3.8, 4) is 0 Å². The summed E-state index contributed by atoms with van der Waals surface area (Å²) >= 11 is 0. The van der Waals surface area contributed by atoms with Gasteiger partial charge in [-0.15, -0.1) is 0 Å². The molecule has 0 unspecified atom stereocenters. The van der Waals surface area contributed by atoms with Gasteiger partial charge in [-0.3, -0.25) is 0 Å². The van der Waals surface area contributed by atoms with Gasteiger partial charge < -0.3 is 62.5 Å². The average Bonchev–Trinajstić information content (AvgIpc) is 2.71. The summed E-state index contributed by atoms with van der Waals surface area (Å²) in [6, 6.07) is -2.37. The molecule has 2 fully saturated rings. The quantitative estimate of drug-likeness (QED) is 0.196. The van der Waals surface area contributed by atoms with E-state index < -0.39 is 66.8 Å². The van der Waals surface area contributed by atoms with Crippen LogP contribution in [0.5, 0.6) is 0 Å².